The first kappa shape index (κ1) is 14.7. The van der Waals surface area contributed by atoms with Crippen LogP contribution in [0.5, 0.6) is 0 Å². The van der Waals surface area contributed by atoms with Gasteiger partial charge in [-0.15, -0.1) is 0 Å². The molecule has 2 fully saturated rings. The van der Waals surface area contributed by atoms with Gasteiger partial charge in [-0.1, -0.05) is 0 Å². The van der Waals surface area contributed by atoms with Gasteiger partial charge in [0.25, 0.3) is 0 Å². The van der Waals surface area contributed by atoms with Gasteiger partial charge in [0.15, 0.2) is 0 Å². The SMILES string of the molecule is CC1(C)OB(c2cnc(N3CCOCC3)nc2)OC1(C)C. The van der Waals surface area contributed by atoms with Crippen molar-refractivity contribution in [2.24, 2.45) is 0 Å². The number of nitrogens with zero attached hydrogens (tertiary/aromatic N) is 3. The maximum absolute atomic E-state index is 6.00. The van der Waals surface area contributed by atoms with Gasteiger partial charge in [-0.05, 0) is 27.7 Å². The molecule has 0 atom stereocenters. The van der Waals surface area contributed by atoms with Crippen molar-refractivity contribution in [2.45, 2.75) is 38.9 Å². The van der Waals surface area contributed by atoms with Crippen molar-refractivity contribution in [1.29, 1.82) is 0 Å². The number of ether oxygens (including phenoxy) is 1. The fourth-order valence-corrected chi connectivity index (χ4v) is 2.36. The molecule has 0 aliphatic carbocycles. The smallest absolute Gasteiger partial charge is 0.399 e. The molecule has 21 heavy (non-hydrogen) atoms. The van der Waals surface area contributed by atoms with E-state index in [0.717, 1.165) is 37.7 Å². The number of hydrogen-bond acceptors (Lipinski definition) is 6. The van der Waals surface area contributed by atoms with Crippen LogP contribution in [0.4, 0.5) is 5.95 Å². The summed E-state index contributed by atoms with van der Waals surface area (Å²) in [6, 6.07) is 0. The van der Waals surface area contributed by atoms with Gasteiger partial charge in [0.1, 0.15) is 0 Å². The third-order valence-corrected chi connectivity index (χ3v) is 4.48. The van der Waals surface area contributed by atoms with Crippen molar-refractivity contribution in [3.05, 3.63) is 12.4 Å². The van der Waals surface area contributed by atoms with Crippen LogP contribution in [-0.2, 0) is 14.0 Å². The molecule has 3 rings (SSSR count). The molecule has 1 aromatic rings. The van der Waals surface area contributed by atoms with Crippen LogP contribution in [0.1, 0.15) is 27.7 Å². The predicted molar refractivity (Wildman–Crippen MR) is 80.8 cm³/mol. The Morgan fingerprint density at radius 1 is 1.00 bits per heavy atom. The van der Waals surface area contributed by atoms with E-state index < -0.39 is 7.12 Å². The first-order valence-electron chi connectivity index (χ1n) is 7.39. The summed E-state index contributed by atoms with van der Waals surface area (Å²) in [5.41, 5.74) is 0.159. The van der Waals surface area contributed by atoms with Gasteiger partial charge in [-0.2, -0.15) is 0 Å². The monoisotopic (exact) mass is 291 g/mol. The highest BCUT2D eigenvalue weighted by molar-refractivity contribution is 6.61. The normalized spacial score (nSPS) is 24.4. The molecule has 6 nitrogen and oxygen atoms in total. The van der Waals surface area contributed by atoms with Gasteiger partial charge in [-0.3, -0.25) is 0 Å². The lowest BCUT2D eigenvalue weighted by molar-refractivity contribution is 0.00578. The Morgan fingerprint density at radius 2 is 1.52 bits per heavy atom. The topological polar surface area (TPSA) is 56.7 Å². The average Bonchev–Trinajstić information content (AvgIpc) is 2.69. The van der Waals surface area contributed by atoms with Crippen molar-refractivity contribution in [3.63, 3.8) is 0 Å². The molecule has 0 bridgehead atoms. The van der Waals surface area contributed by atoms with E-state index in [9.17, 15) is 0 Å². The zero-order valence-corrected chi connectivity index (χ0v) is 13.1. The zero-order chi connectivity index (χ0) is 15.1. The molecule has 0 unspecified atom stereocenters. The summed E-state index contributed by atoms with van der Waals surface area (Å²) < 4.78 is 17.3. The number of rotatable bonds is 2. The van der Waals surface area contributed by atoms with Crippen LogP contribution >= 0.6 is 0 Å². The predicted octanol–water partition coefficient (Wildman–Crippen LogP) is 0.612. The van der Waals surface area contributed by atoms with Gasteiger partial charge in [0, 0.05) is 30.9 Å². The van der Waals surface area contributed by atoms with Gasteiger partial charge in [0.2, 0.25) is 5.95 Å². The number of hydrogen-bond donors (Lipinski definition) is 0. The summed E-state index contributed by atoms with van der Waals surface area (Å²) in [5.74, 6) is 0.735. The average molecular weight is 291 g/mol. The first-order valence-corrected chi connectivity index (χ1v) is 7.39. The van der Waals surface area contributed by atoms with Gasteiger partial charge in [0.05, 0.1) is 24.4 Å². The molecule has 2 saturated heterocycles. The molecule has 2 aliphatic heterocycles. The van der Waals surface area contributed by atoms with E-state index in [2.05, 4.69) is 14.9 Å². The highest BCUT2D eigenvalue weighted by Crippen LogP contribution is 2.36. The molecular weight excluding hydrogens is 269 g/mol. The molecule has 114 valence electrons. The van der Waals surface area contributed by atoms with Crippen LogP contribution in [0.3, 0.4) is 0 Å². The second-order valence-corrected chi connectivity index (χ2v) is 6.50. The number of morpholine rings is 1. The molecule has 0 spiro atoms. The Hall–Kier alpha value is -1.18. The first-order chi connectivity index (χ1) is 9.89. The van der Waals surface area contributed by atoms with Crippen LogP contribution < -0.4 is 10.4 Å². The minimum Gasteiger partial charge on any atom is -0.399 e. The third-order valence-electron chi connectivity index (χ3n) is 4.48. The molecule has 0 radical (unpaired) electrons. The molecular formula is C14H22BN3O3. The Balaban J connectivity index is 1.73. The quantitative estimate of drug-likeness (QED) is 0.744. The standard InChI is InChI=1S/C14H22BN3O3/c1-13(2)14(3,4)21-15(20-13)11-9-16-12(17-10-11)18-5-7-19-8-6-18/h9-10H,5-8H2,1-4H3. The van der Waals surface area contributed by atoms with Crippen LogP contribution in [0.15, 0.2) is 12.4 Å². The second kappa shape index (κ2) is 5.23. The largest absolute Gasteiger partial charge is 0.498 e. The maximum atomic E-state index is 6.00. The second-order valence-electron chi connectivity index (χ2n) is 6.50. The fourth-order valence-electron chi connectivity index (χ4n) is 2.36. The Bertz CT molecular complexity index is 485. The Morgan fingerprint density at radius 3 is 2.05 bits per heavy atom. The Kier molecular flexibility index (Phi) is 3.67. The fraction of sp³-hybridized carbons (Fsp3) is 0.714. The van der Waals surface area contributed by atoms with Crippen molar-refractivity contribution >= 4 is 18.5 Å². The number of anilines is 1. The maximum Gasteiger partial charge on any atom is 0.498 e. The van der Waals surface area contributed by atoms with Crippen LogP contribution in [0.2, 0.25) is 0 Å². The summed E-state index contributed by atoms with van der Waals surface area (Å²) in [6.45, 7) is 11.3. The van der Waals surface area contributed by atoms with E-state index in [0.29, 0.717) is 0 Å². The van der Waals surface area contributed by atoms with E-state index in [1.54, 1.807) is 12.4 Å². The lowest BCUT2D eigenvalue weighted by Gasteiger charge is -2.32. The summed E-state index contributed by atoms with van der Waals surface area (Å²) in [4.78, 5) is 11.0. The lowest BCUT2D eigenvalue weighted by Crippen LogP contribution is -2.41. The minimum atomic E-state index is -0.409. The molecule has 2 aliphatic rings. The Labute approximate surface area is 126 Å². The summed E-state index contributed by atoms with van der Waals surface area (Å²) >= 11 is 0. The van der Waals surface area contributed by atoms with Crippen molar-refractivity contribution in [3.8, 4) is 0 Å². The van der Waals surface area contributed by atoms with Crippen molar-refractivity contribution in [1.82, 2.24) is 9.97 Å². The van der Waals surface area contributed by atoms with Gasteiger partial charge >= 0.3 is 7.12 Å². The van der Waals surface area contributed by atoms with Gasteiger partial charge < -0.3 is 18.9 Å². The molecule has 3 heterocycles. The third kappa shape index (κ3) is 2.77. The van der Waals surface area contributed by atoms with Crippen LogP contribution in [-0.4, -0.2) is 54.6 Å². The highest BCUT2D eigenvalue weighted by Gasteiger charge is 2.51. The number of aromatic nitrogens is 2. The van der Waals surface area contributed by atoms with Gasteiger partial charge in [-0.25, -0.2) is 9.97 Å². The molecule has 0 N–H and O–H groups in total. The summed E-state index contributed by atoms with van der Waals surface area (Å²) in [7, 11) is -0.409. The summed E-state index contributed by atoms with van der Waals surface area (Å²) in [5, 5.41) is 0. The van der Waals surface area contributed by atoms with E-state index in [1.165, 1.54) is 0 Å². The van der Waals surface area contributed by atoms with E-state index >= 15 is 0 Å². The lowest BCUT2D eigenvalue weighted by atomic mass is 9.81. The van der Waals surface area contributed by atoms with Crippen LogP contribution in [0, 0.1) is 0 Å². The molecule has 0 amide bonds. The molecule has 0 aromatic carbocycles. The van der Waals surface area contributed by atoms with Crippen molar-refractivity contribution < 1.29 is 14.0 Å². The van der Waals surface area contributed by atoms with Crippen molar-refractivity contribution in [2.75, 3.05) is 31.2 Å². The van der Waals surface area contributed by atoms with E-state index in [1.807, 2.05) is 27.7 Å². The molecule has 1 aromatic heterocycles. The molecule has 0 saturated carbocycles. The van der Waals surface area contributed by atoms with E-state index in [4.69, 9.17) is 14.0 Å². The minimum absolute atomic E-state index is 0.347. The van der Waals surface area contributed by atoms with Crippen LogP contribution in [0.25, 0.3) is 0 Å². The molecule has 7 heteroatoms. The summed E-state index contributed by atoms with van der Waals surface area (Å²) in [6.07, 6.45) is 3.58. The van der Waals surface area contributed by atoms with E-state index in [-0.39, 0.29) is 11.2 Å². The highest BCUT2D eigenvalue weighted by atomic mass is 16.7. The zero-order valence-electron chi connectivity index (χ0n) is 13.1.